The van der Waals surface area contributed by atoms with Crippen LogP contribution in [0.1, 0.15) is 44.7 Å². The van der Waals surface area contributed by atoms with Gasteiger partial charge in [-0.1, -0.05) is 57.2 Å². The maximum atomic E-state index is 13.7. The Kier molecular flexibility index (Phi) is 6.43. The van der Waals surface area contributed by atoms with Crippen LogP contribution in [0.2, 0.25) is 0 Å². The standard InChI is InChI=1S/C28H28FNO3/c1-28(2,3)24-17-25(18-7-5-4-6-8-18)30-27(19-9-11-20(29)12-10-19)23(24)14-13-22-15-21(31)16-26(32)33-22/h4-14,17,21-22,31H,15-16H2,1-3H3/b14-13+/t21-,22-/m1/s1. The Balaban J connectivity index is 1.89. The van der Waals surface area contributed by atoms with Crippen LogP contribution < -0.4 is 0 Å². The minimum atomic E-state index is -0.710. The maximum Gasteiger partial charge on any atom is 0.309 e. The number of aliphatic hydroxyl groups is 1. The number of nitrogens with zero attached hydrogens (tertiary/aromatic N) is 1. The van der Waals surface area contributed by atoms with E-state index in [-0.39, 0.29) is 17.7 Å². The molecule has 1 fully saturated rings. The number of halogens is 1. The first kappa shape index (κ1) is 22.9. The number of carbonyl (C=O) groups excluding carboxylic acids is 1. The maximum absolute atomic E-state index is 13.7. The van der Waals surface area contributed by atoms with Crippen LogP contribution in [0.5, 0.6) is 0 Å². The number of rotatable bonds is 4. The van der Waals surface area contributed by atoms with Gasteiger partial charge in [0.2, 0.25) is 0 Å². The van der Waals surface area contributed by atoms with Crippen LogP contribution in [0.15, 0.2) is 66.7 Å². The third kappa shape index (κ3) is 5.37. The lowest BCUT2D eigenvalue weighted by molar-refractivity contribution is -0.156. The Bertz CT molecular complexity index is 1160. The fourth-order valence-electron chi connectivity index (χ4n) is 4.06. The molecule has 0 radical (unpaired) electrons. The summed E-state index contributed by atoms with van der Waals surface area (Å²) in [5.74, 6) is -0.718. The Morgan fingerprint density at radius 2 is 1.76 bits per heavy atom. The van der Waals surface area contributed by atoms with Crippen molar-refractivity contribution in [3.63, 3.8) is 0 Å². The van der Waals surface area contributed by atoms with Gasteiger partial charge >= 0.3 is 5.97 Å². The highest BCUT2D eigenvalue weighted by Crippen LogP contribution is 2.36. The summed E-state index contributed by atoms with van der Waals surface area (Å²) in [5.41, 5.74) is 5.06. The Labute approximate surface area is 193 Å². The van der Waals surface area contributed by atoms with Gasteiger partial charge in [-0.05, 0) is 47.4 Å². The van der Waals surface area contributed by atoms with Crippen molar-refractivity contribution in [1.82, 2.24) is 4.98 Å². The van der Waals surface area contributed by atoms with E-state index in [2.05, 4.69) is 26.8 Å². The Morgan fingerprint density at radius 3 is 2.39 bits per heavy atom. The molecule has 5 heteroatoms. The summed E-state index contributed by atoms with van der Waals surface area (Å²) in [6.07, 6.45) is 2.88. The molecule has 1 aliphatic heterocycles. The van der Waals surface area contributed by atoms with Crippen molar-refractivity contribution in [2.45, 2.75) is 51.2 Å². The average Bonchev–Trinajstić information content (AvgIpc) is 2.77. The van der Waals surface area contributed by atoms with Gasteiger partial charge in [0.1, 0.15) is 11.9 Å². The van der Waals surface area contributed by atoms with Crippen molar-refractivity contribution in [1.29, 1.82) is 0 Å². The van der Waals surface area contributed by atoms with Crippen LogP contribution in [-0.2, 0) is 14.9 Å². The monoisotopic (exact) mass is 445 g/mol. The number of benzene rings is 2. The smallest absolute Gasteiger partial charge is 0.309 e. The number of hydrogen-bond donors (Lipinski definition) is 1. The molecule has 1 N–H and O–H groups in total. The van der Waals surface area contributed by atoms with Gasteiger partial charge in [-0.25, -0.2) is 9.37 Å². The fourth-order valence-corrected chi connectivity index (χ4v) is 4.06. The highest BCUT2D eigenvalue weighted by Gasteiger charge is 2.27. The van der Waals surface area contributed by atoms with Crippen molar-refractivity contribution >= 4 is 12.0 Å². The van der Waals surface area contributed by atoms with E-state index in [0.29, 0.717) is 6.42 Å². The molecule has 4 rings (SSSR count). The van der Waals surface area contributed by atoms with Crippen LogP contribution in [0.4, 0.5) is 4.39 Å². The van der Waals surface area contributed by atoms with Gasteiger partial charge < -0.3 is 9.84 Å². The van der Waals surface area contributed by atoms with Gasteiger partial charge in [0, 0.05) is 23.1 Å². The normalized spacial score (nSPS) is 19.0. The second-order valence-corrected chi connectivity index (χ2v) is 9.42. The molecular formula is C28H28FNO3. The van der Waals surface area contributed by atoms with Crippen LogP contribution in [0, 0.1) is 5.82 Å². The van der Waals surface area contributed by atoms with E-state index in [1.807, 2.05) is 42.5 Å². The topological polar surface area (TPSA) is 59.4 Å². The fraction of sp³-hybridized carbons (Fsp3) is 0.286. The third-order valence-corrected chi connectivity index (χ3v) is 5.72. The predicted molar refractivity (Wildman–Crippen MR) is 128 cm³/mol. The summed E-state index contributed by atoms with van der Waals surface area (Å²) in [6.45, 7) is 6.40. The summed E-state index contributed by atoms with van der Waals surface area (Å²) in [5, 5.41) is 9.97. The third-order valence-electron chi connectivity index (χ3n) is 5.72. The quantitative estimate of drug-likeness (QED) is 0.506. The van der Waals surface area contributed by atoms with Gasteiger partial charge in [-0.2, -0.15) is 0 Å². The molecule has 2 aromatic carbocycles. The van der Waals surface area contributed by atoms with Gasteiger partial charge in [-0.15, -0.1) is 0 Å². The van der Waals surface area contributed by atoms with Gasteiger partial charge in [0.05, 0.1) is 23.9 Å². The van der Waals surface area contributed by atoms with E-state index in [9.17, 15) is 14.3 Å². The molecule has 1 aromatic heterocycles. The molecule has 0 unspecified atom stereocenters. The highest BCUT2D eigenvalue weighted by atomic mass is 19.1. The zero-order chi connectivity index (χ0) is 23.6. The number of carbonyl (C=O) groups is 1. The van der Waals surface area contributed by atoms with E-state index in [0.717, 1.165) is 33.6 Å². The predicted octanol–water partition coefficient (Wildman–Crippen LogP) is 5.93. The molecule has 0 spiro atoms. The molecular weight excluding hydrogens is 417 g/mol. The molecule has 0 saturated carbocycles. The summed E-state index contributed by atoms with van der Waals surface area (Å²) >= 11 is 0. The van der Waals surface area contributed by atoms with Gasteiger partial charge in [-0.3, -0.25) is 4.79 Å². The number of aliphatic hydroxyl groups excluding tert-OH is 1. The summed E-state index contributed by atoms with van der Waals surface area (Å²) in [7, 11) is 0. The second-order valence-electron chi connectivity index (χ2n) is 9.42. The first-order chi connectivity index (χ1) is 15.7. The number of cyclic esters (lactones) is 1. The zero-order valence-corrected chi connectivity index (χ0v) is 19.1. The van der Waals surface area contributed by atoms with Crippen LogP contribution in [0.3, 0.4) is 0 Å². The molecule has 0 bridgehead atoms. The molecule has 170 valence electrons. The Hall–Kier alpha value is -3.31. The number of esters is 1. The molecule has 0 amide bonds. The van der Waals surface area contributed by atoms with Gasteiger partial charge in [0.25, 0.3) is 0 Å². The van der Waals surface area contributed by atoms with Crippen LogP contribution in [-0.4, -0.2) is 28.3 Å². The second kappa shape index (κ2) is 9.28. The molecule has 0 aliphatic carbocycles. The summed E-state index contributed by atoms with van der Waals surface area (Å²) in [4.78, 5) is 16.8. The van der Waals surface area contributed by atoms with Crippen LogP contribution in [0.25, 0.3) is 28.6 Å². The van der Waals surface area contributed by atoms with Crippen molar-refractivity contribution in [3.05, 3.63) is 83.7 Å². The minimum absolute atomic E-state index is 0.0196. The molecule has 2 atom stereocenters. The van der Waals surface area contributed by atoms with E-state index >= 15 is 0 Å². The zero-order valence-electron chi connectivity index (χ0n) is 19.1. The average molecular weight is 446 g/mol. The van der Waals surface area contributed by atoms with E-state index < -0.39 is 18.2 Å². The molecule has 4 nitrogen and oxygen atoms in total. The molecule has 33 heavy (non-hydrogen) atoms. The summed E-state index contributed by atoms with van der Waals surface area (Å²) < 4.78 is 19.1. The van der Waals surface area contributed by atoms with Crippen molar-refractivity contribution in [3.8, 4) is 22.5 Å². The van der Waals surface area contributed by atoms with Gasteiger partial charge in [0.15, 0.2) is 0 Å². The number of ether oxygens (including phenoxy) is 1. The molecule has 2 heterocycles. The number of aromatic nitrogens is 1. The van der Waals surface area contributed by atoms with Crippen molar-refractivity contribution < 1.29 is 19.0 Å². The minimum Gasteiger partial charge on any atom is -0.458 e. The van der Waals surface area contributed by atoms with Crippen LogP contribution >= 0.6 is 0 Å². The molecule has 3 aromatic rings. The van der Waals surface area contributed by atoms with E-state index in [4.69, 9.17) is 9.72 Å². The summed E-state index contributed by atoms with van der Waals surface area (Å²) in [6, 6.07) is 18.3. The van der Waals surface area contributed by atoms with E-state index in [1.165, 1.54) is 12.1 Å². The molecule has 1 saturated heterocycles. The Morgan fingerprint density at radius 1 is 1.06 bits per heavy atom. The lowest BCUT2D eigenvalue weighted by Gasteiger charge is -2.26. The van der Waals surface area contributed by atoms with Crippen molar-refractivity contribution in [2.24, 2.45) is 0 Å². The largest absolute Gasteiger partial charge is 0.458 e. The number of hydrogen-bond acceptors (Lipinski definition) is 4. The molecule has 1 aliphatic rings. The first-order valence-electron chi connectivity index (χ1n) is 11.1. The first-order valence-corrected chi connectivity index (χ1v) is 11.1. The lowest BCUT2D eigenvalue weighted by atomic mass is 9.81. The SMILES string of the molecule is CC(C)(C)c1cc(-c2ccccc2)nc(-c2ccc(F)cc2)c1/C=C/[C@@H]1C[C@@H](O)CC(=O)O1. The highest BCUT2D eigenvalue weighted by molar-refractivity contribution is 5.79. The van der Waals surface area contributed by atoms with Crippen molar-refractivity contribution in [2.75, 3.05) is 0 Å². The van der Waals surface area contributed by atoms with E-state index in [1.54, 1.807) is 12.1 Å². The number of pyridine rings is 1. The lowest BCUT2D eigenvalue weighted by Crippen LogP contribution is -2.31.